The molecule has 0 bridgehead atoms. The Morgan fingerprint density at radius 3 is 2.72 bits per heavy atom. The molecule has 0 unspecified atom stereocenters. The third-order valence-corrected chi connectivity index (χ3v) is 6.02. The predicted molar refractivity (Wildman–Crippen MR) is 127 cm³/mol. The second kappa shape index (κ2) is 9.30. The molecule has 2 aromatic heterocycles. The number of hydrogen-bond acceptors (Lipinski definition) is 7. The monoisotopic (exact) mass is 443 g/mol. The van der Waals surface area contributed by atoms with Crippen LogP contribution in [0, 0.1) is 0 Å². The summed E-state index contributed by atoms with van der Waals surface area (Å²) in [5.41, 5.74) is 2.64. The molecule has 0 aliphatic carbocycles. The predicted octanol–water partition coefficient (Wildman–Crippen LogP) is 4.81. The summed E-state index contributed by atoms with van der Waals surface area (Å²) in [6, 6.07) is 18.9. The number of aromatic nitrogens is 2. The fourth-order valence-electron chi connectivity index (χ4n) is 3.54. The molecule has 7 heteroatoms. The Balaban J connectivity index is 1.40. The second-order valence-corrected chi connectivity index (χ2v) is 8.21. The van der Waals surface area contributed by atoms with Gasteiger partial charge in [-0.05, 0) is 35.2 Å². The quantitative estimate of drug-likeness (QED) is 0.250. The summed E-state index contributed by atoms with van der Waals surface area (Å²) in [7, 11) is 0. The SMILES string of the molecule is O=C(C=Cc1ccccc1)Oc1cccc(-c2nc(N3CCOCC3)c3sccc3n2)c1. The van der Waals surface area contributed by atoms with Crippen LogP contribution in [0.1, 0.15) is 5.56 Å². The zero-order valence-corrected chi connectivity index (χ0v) is 18.1. The van der Waals surface area contributed by atoms with Crippen LogP contribution >= 0.6 is 11.3 Å². The molecule has 0 saturated carbocycles. The topological polar surface area (TPSA) is 64.5 Å². The van der Waals surface area contributed by atoms with Crippen molar-refractivity contribution < 1.29 is 14.3 Å². The summed E-state index contributed by atoms with van der Waals surface area (Å²) in [5, 5.41) is 2.03. The number of carbonyl (C=O) groups excluding carboxylic acids is 1. The highest BCUT2D eigenvalue weighted by Gasteiger charge is 2.19. The van der Waals surface area contributed by atoms with Crippen molar-refractivity contribution in [2.45, 2.75) is 0 Å². The molecule has 1 saturated heterocycles. The number of carbonyl (C=O) groups is 1. The molecule has 3 heterocycles. The van der Waals surface area contributed by atoms with E-state index >= 15 is 0 Å². The number of ether oxygens (including phenoxy) is 2. The molecule has 32 heavy (non-hydrogen) atoms. The number of hydrogen-bond donors (Lipinski definition) is 0. The van der Waals surface area contributed by atoms with Crippen LogP contribution in [0.3, 0.4) is 0 Å². The number of nitrogens with zero attached hydrogens (tertiary/aromatic N) is 3. The van der Waals surface area contributed by atoms with Gasteiger partial charge in [0.2, 0.25) is 0 Å². The summed E-state index contributed by atoms with van der Waals surface area (Å²) >= 11 is 1.64. The third kappa shape index (κ3) is 4.54. The van der Waals surface area contributed by atoms with Gasteiger partial charge in [0, 0.05) is 24.7 Å². The van der Waals surface area contributed by atoms with E-state index in [0.29, 0.717) is 24.8 Å². The smallest absolute Gasteiger partial charge is 0.336 e. The number of esters is 1. The van der Waals surface area contributed by atoms with Crippen LogP contribution in [0.25, 0.3) is 27.7 Å². The Hall–Kier alpha value is -3.55. The summed E-state index contributed by atoms with van der Waals surface area (Å²) in [4.78, 5) is 24.1. The van der Waals surface area contributed by atoms with Crippen LogP contribution < -0.4 is 9.64 Å². The van der Waals surface area contributed by atoms with Crippen LogP contribution in [0.15, 0.2) is 72.1 Å². The van der Waals surface area contributed by atoms with E-state index in [2.05, 4.69) is 4.90 Å². The lowest BCUT2D eigenvalue weighted by Gasteiger charge is -2.28. The maximum Gasteiger partial charge on any atom is 0.336 e. The number of fused-ring (bicyclic) bond motifs is 1. The maximum atomic E-state index is 12.3. The van der Waals surface area contributed by atoms with E-state index in [-0.39, 0.29) is 0 Å². The molecular formula is C25H21N3O3S. The molecule has 4 aromatic rings. The first-order valence-corrected chi connectivity index (χ1v) is 11.3. The minimum atomic E-state index is -0.436. The summed E-state index contributed by atoms with van der Waals surface area (Å²) < 4.78 is 12.1. The van der Waals surface area contributed by atoms with E-state index in [1.165, 1.54) is 6.08 Å². The van der Waals surface area contributed by atoms with E-state index in [9.17, 15) is 4.79 Å². The second-order valence-electron chi connectivity index (χ2n) is 7.30. The van der Waals surface area contributed by atoms with E-state index in [0.717, 1.165) is 40.3 Å². The molecule has 6 nitrogen and oxygen atoms in total. The molecule has 0 N–H and O–H groups in total. The minimum absolute atomic E-state index is 0.436. The Morgan fingerprint density at radius 1 is 1.03 bits per heavy atom. The van der Waals surface area contributed by atoms with Gasteiger partial charge >= 0.3 is 5.97 Å². The zero-order chi connectivity index (χ0) is 21.8. The number of rotatable bonds is 5. The average Bonchev–Trinajstić information content (AvgIpc) is 3.32. The number of anilines is 1. The fourth-order valence-corrected chi connectivity index (χ4v) is 4.39. The van der Waals surface area contributed by atoms with Crippen LogP contribution in [0.2, 0.25) is 0 Å². The largest absolute Gasteiger partial charge is 0.423 e. The Bertz CT molecular complexity index is 1260. The average molecular weight is 444 g/mol. The molecule has 0 spiro atoms. The van der Waals surface area contributed by atoms with Crippen LogP contribution in [0.5, 0.6) is 5.75 Å². The molecule has 0 amide bonds. The standard InChI is InChI=1S/C25H21N3O3S/c29-22(10-9-18-5-2-1-3-6-18)31-20-8-4-7-19(17-20)24-26-21-11-16-32-23(21)25(27-24)28-12-14-30-15-13-28/h1-11,16-17H,12-15H2. The van der Waals surface area contributed by atoms with Gasteiger partial charge in [-0.2, -0.15) is 0 Å². The van der Waals surface area contributed by atoms with Gasteiger partial charge in [-0.25, -0.2) is 14.8 Å². The molecular weight excluding hydrogens is 422 g/mol. The van der Waals surface area contributed by atoms with Crippen molar-refractivity contribution in [3.05, 3.63) is 77.7 Å². The maximum absolute atomic E-state index is 12.3. The first-order chi connectivity index (χ1) is 15.8. The number of thiophene rings is 1. The van der Waals surface area contributed by atoms with Crippen molar-refractivity contribution in [3.8, 4) is 17.1 Å². The molecule has 0 radical (unpaired) electrons. The fraction of sp³-hybridized carbons (Fsp3) is 0.160. The highest BCUT2D eigenvalue weighted by molar-refractivity contribution is 7.17. The Morgan fingerprint density at radius 2 is 1.88 bits per heavy atom. The van der Waals surface area contributed by atoms with Crippen molar-refractivity contribution in [2.24, 2.45) is 0 Å². The summed E-state index contributed by atoms with van der Waals surface area (Å²) in [6.07, 6.45) is 3.15. The van der Waals surface area contributed by atoms with Crippen molar-refractivity contribution in [1.82, 2.24) is 9.97 Å². The molecule has 1 aliphatic heterocycles. The van der Waals surface area contributed by atoms with Gasteiger partial charge in [0.1, 0.15) is 5.75 Å². The highest BCUT2D eigenvalue weighted by Crippen LogP contribution is 2.32. The lowest BCUT2D eigenvalue weighted by molar-refractivity contribution is -0.128. The van der Waals surface area contributed by atoms with Gasteiger partial charge in [0.05, 0.1) is 23.4 Å². The number of benzene rings is 2. The van der Waals surface area contributed by atoms with Crippen molar-refractivity contribution in [2.75, 3.05) is 31.2 Å². The van der Waals surface area contributed by atoms with Crippen LogP contribution in [0.4, 0.5) is 5.82 Å². The lowest BCUT2D eigenvalue weighted by Crippen LogP contribution is -2.36. The van der Waals surface area contributed by atoms with Gasteiger partial charge in [-0.15, -0.1) is 11.3 Å². The lowest BCUT2D eigenvalue weighted by atomic mass is 10.2. The molecule has 0 atom stereocenters. The Kier molecular flexibility index (Phi) is 5.91. The number of morpholine rings is 1. The van der Waals surface area contributed by atoms with Gasteiger partial charge in [-0.1, -0.05) is 42.5 Å². The normalized spacial score (nSPS) is 14.2. The molecule has 1 aliphatic rings. The van der Waals surface area contributed by atoms with Gasteiger partial charge in [0.15, 0.2) is 11.6 Å². The van der Waals surface area contributed by atoms with Crippen LogP contribution in [-0.2, 0) is 9.53 Å². The van der Waals surface area contributed by atoms with E-state index in [4.69, 9.17) is 19.4 Å². The van der Waals surface area contributed by atoms with Crippen molar-refractivity contribution in [1.29, 1.82) is 0 Å². The molecule has 1 fully saturated rings. The van der Waals surface area contributed by atoms with Crippen molar-refractivity contribution >= 4 is 39.4 Å². The van der Waals surface area contributed by atoms with Gasteiger partial charge < -0.3 is 14.4 Å². The van der Waals surface area contributed by atoms with E-state index < -0.39 is 5.97 Å². The third-order valence-electron chi connectivity index (χ3n) is 5.12. The zero-order valence-electron chi connectivity index (χ0n) is 17.3. The molecule has 160 valence electrons. The van der Waals surface area contributed by atoms with E-state index in [1.54, 1.807) is 29.5 Å². The summed E-state index contributed by atoms with van der Waals surface area (Å²) in [6.45, 7) is 2.98. The first kappa shape index (κ1) is 20.4. The van der Waals surface area contributed by atoms with Crippen molar-refractivity contribution in [3.63, 3.8) is 0 Å². The first-order valence-electron chi connectivity index (χ1n) is 10.4. The van der Waals surface area contributed by atoms with E-state index in [1.807, 2.05) is 53.9 Å². The Labute approximate surface area is 189 Å². The highest BCUT2D eigenvalue weighted by atomic mass is 32.1. The molecule has 5 rings (SSSR count). The molecule has 2 aromatic carbocycles. The van der Waals surface area contributed by atoms with Gasteiger partial charge in [-0.3, -0.25) is 0 Å². The van der Waals surface area contributed by atoms with Crippen LogP contribution in [-0.4, -0.2) is 42.2 Å². The minimum Gasteiger partial charge on any atom is -0.423 e. The van der Waals surface area contributed by atoms with Gasteiger partial charge in [0.25, 0.3) is 0 Å². The summed E-state index contributed by atoms with van der Waals surface area (Å²) in [5.74, 6) is 1.55.